The Bertz CT molecular complexity index is 298. The van der Waals surface area contributed by atoms with Gasteiger partial charge in [0, 0.05) is 6.42 Å². The lowest BCUT2D eigenvalue weighted by molar-refractivity contribution is -0.368. The van der Waals surface area contributed by atoms with Crippen LogP contribution in [0.2, 0.25) is 0 Å². The summed E-state index contributed by atoms with van der Waals surface area (Å²) in [5.74, 6) is -0.100. The van der Waals surface area contributed by atoms with E-state index in [-0.39, 0.29) is 5.97 Å². The van der Waals surface area contributed by atoms with Crippen LogP contribution in [0.15, 0.2) is 30.3 Å². The zero-order valence-electron chi connectivity index (χ0n) is 9.65. The number of rotatable bonds is 7. The fourth-order valence-corrected chi connectivity index (χ4v) is 1.45. The van der Waals surface area contributed by atoms with Crippen molar-refractivity contribution in [3.8, 4) is 0 Å². The third-order valence-corrected chi connectivity index (χ3v) is 2.35. The molecule has 0 spiro atoms. The van der Waals surface area contributed by atoms with Crippen LogP contribution in [-0.2, 0) is 16.0 Å². The Hall–Kier alpha value is -1.35. The van der Waals surface area contributed by atoms with Crippen LogP contribution >= 0.6 is 0 Å². The highest BCUT2D eigenvalue weighted by atomic mass is 16.5. The molecule has 1 rings (SSSR count). The van der Waals surface area contributed by atoms with Crippen LogP contribution in [0.5, 0.6) is 0 Å². The van der Waals surface area contributed by atoms with Gasteiger partial charge in [0.25, 0.3) is 0 Å². The van der Waals surface area contributed by atoms with Gasteiger partial charge in [-0.05, 0) is 18.4 Å². The minimum atomic E-state index is -0.100. The second kappa shape index (κ2) is 7.88. The summed E-state index contributed by atoms with van der Waals surface area (Å²) in [7, 11) is 0. The van der Waals surface area contributed by atoms with Crippen LogP contribution in [-0.4, -0.2) is 19.1 Å². The van der Waals surface area contributed by atoms with Crippen LogP contribution in [0.4, 0.5) is 0 Å². The molecule has 0 heterocycles. The van der Waals surface area contributed by atoms with Crippen molar-refractivity contribution < 1.29 is 15.3 Å². The van der Waals surface area contributed by atoms with Gasteiger partial charge < -0.3 is 10.5 Å². The molecule has 1 aromatic rings. The van der Waals surface area contributed by atoms with Crippen molar-refractivity contribution in [2.75, 3.05) is 13.2 Å². The molecular formula is C13H20NO2+. The molecule has 16 heavy (non-hydrogen) atoms. The second-order valence-electron chi connectivity index (χ2n) is 3.77. The van der Waals surface area contributed by atoms with Gasteiger partial charge in [0.2, 0.25) is 0 Å². The van der Waals surface area contributed by atoms with Crippen LogP contribution in [0.3, 0.4) is 0 Å². The number of quaternary nitrogens is 1. The standard InChI is InChI=1S/C13H19NO2/c14-10-4-9-13(15)16-11-5-8-12-6-2-1-3-7-12/h1-3,6-7H,4-5,8-11,14H2/p+1. The average molecular weight is 222 g/mol. The molecule has 0 aliphatic heterocycles. The lowest BCUT2D eigenvalue weighted by atomic mass is 10.1. The van der Waals surface area contributed by atoms with Gasteiger partial charge in [0.15, 0.2) is 0 Å². The summed E-state index contributed by atoms with van der Waals surface area (Å²) in [6.07, 6.45) is 3.16. The Morgan fingerprint density at radius 1 is 1.19 bits per heavy atom. The summed E-state index contributed by atoms with van der Waals surface area (Å²) < 4.78 is 5.10. The summed E-state index contributed by atoms with van der Waals surface area (Å²) >= 11 is 0. The van der Waals surface area contributed by atoms with Gasteiger partial charge in [-0.15, -0.1) is 0 Å². The van der Waals surface area contributed by atoms with E-state index in [0.717, 1.165) is 25.8 Å². The summed E-state index contributed by atoms with van der Waals surface area (Å²) in [6.45, 7) is 1.31. The molecule has 3 nitrogen and oxygen atoms in total. The summed E-state index contributed by atoms with van der Waals surface area (Å²) in [5.41, 5.74) is 4.97. The number of hydrogen-bond acceptors (Lipinski definition) is 2. The maximum Gasteiger partial charge on any atom is 0.306 e. The highest BCUT2D eigenvalue weighted by Crippen LogP contribution is 2.02. The normalized spacial score (nSPS) is 10.1. The number of carbonyl (C=O) groups is 1. The molecule has 0 aliphatic rings. The van der Waals surface area contributed by atoms with Crippen molar-refractivity contribution in [2.24, 2.45) is 0 Å². The molecule has 0 radical (unpaired) electrons. The first-order valence-corrected chi connectivity index (χ1v) is 5.81. The van der Waals surface area contributed by atoms with Crippen molar-refractivity contribution in [3.05, 3.63) is 35.9 Å². The minimum absolute atomic E-state index is 0.100. The smallest absolute Gasteiger partial charge is 0.306 e. The van der Waals surface area contributed by atoms with Crippen LogP contribution < -0.4 is 5.73 Å². The van der Waals surface area contributed by atoms with E-state index in [9.17, 15) is 4.79 Å². The molecule has 0 saturated carbocycles. The molecule has 0 saturated heterocycles. The van der Waals surface area contributed by atoms with Gasteiger partial charge in [0.05, 0.1) is 19.6 Å². The maximum atomic E-state index is 11.2. The van der Waals surface area contributed by atoms with Crippen LogP contribution in [0.1, 0.15) is 24.8 Å². The quantitative estimate of drug-likeness (QED) is 0.556. The Labute approximate surface area is 96.6 Å². The van der Waals surface area contributed by atoms with E-state index in [1.54, 1.807) is 0 Å². The number of carbonyl (C=O) groups excluding carboxylic acids is 1. The summed E-state index contributed by atoms with van der Waals surface area (Å²) in [5, 5.41) is 0. The molecule has 0 fully saturated rings. The first-order chi connectivity index (χ1) is 7.83. The third-order valence-electron chi connectivity index (χ3n) is 2.35. The largest absolute Gasteiger partial charge is 0.466 e. The first kappa shape index (κ1) is 12.7. The monoisotopic (exact) mass is 222 g/mol. The zero-order chi connectivity index (χ0) is 11.6. The van der Waals surface area contributed by atoms with Crippen molar-refractivity contribution in [1.29, 1.82) is 0 Å². The topological polar surface area (TPSA) is 53.9 Å². The van der Waals surface area contributed by atoms with Crippen molar-refractivity contribution in [2.45, 2.75) is 25.7 Å². The van der Waals surface area contributed by atoms with E-state index < -0.39 is 0 Å². The molecule has 0 aliphatic carbocycles. The van der Waals surface area contributed by atoms with Crippen LogP contribution in [0, 0.1) is 0 Å². The Balaban J connectivity index is 2.06. The van der Waals surface area contributed by atoms with Gasteiger partial charge in [0.1, 0.15) is 0 Å². The second-order valence-corrected chi connectivity index (χ2v) is 3.77. The molecule has 0 aromatic heterocycles. The number of ether oxygens (including phenoxy) is 1. The van der Waals surface area contributed by atoms with Crippen molar-refractivity contribution in [3.63, 3.8) is 0 Å². The minimum Gasteiger partial charge on any atom is -0.466 e. The molecule has 0 bridgehead atoms. The molecule has 0 atom stereocenters. The SMILES string of the molecule is [NH3+]CCCC(=O)OCCCc1ccccc1. The number of esters is 1. The molecule has 0 unspecified atom stereocenters. The summed E-state index contributed by atoms with van der Waals surface area (Å²) in [6, 6.07) is 10.2. The average Bonchev–Trinajstić information content (AvgIpc) is 2.33. The van der Waals surface area contributed by atoms with E-state index in [1.807, 2.05) is 18.2 Å². The first-order valence-electron chi connectivity index (χ1n) is 5.81. The van der Waals surface area contributed by atoms with Crippen LogP contribution in [0.25, 0.3) is 0 Å². The van der Waals surface area contributed by atoms with E-state index in [2.05, 4.69) is 17.9 Å². The molecule has 88 valence electrons. The molecule has 0 amide bonds. The van der Waals surface area contributed by atoms with E-state index in [4.69, 9.17) is 4.74 Å². The predicted molar refractivity (Wildman–Crippen MR) is 62.7 cm³/mol. The number of hydrogen-bond donors (Lipinski definition) is 1. The van der Waals surface area contributed by atoms with Gasteiger partial charge >= 0.3 is 5.97 Å². The Morgan fingerprint density at radius 2 is 1.94 bits per heavy atom. The highest BCUT2D eigenvalue weighted by Gasteiger charge is 2.01. The van der Waals surface area contributed by atoms with E-state index >= 15 is 0 Å². The maximum absolute atomic E-state index is 11.2. The van der Waals surface area contributed by atoms with Crippen molar-refractivity contribution in [1.82, 2.24) is 0 Å². The molecule has 3 N–H and O–H groups in total. The number of benzene rings is 1. The third kappa shape index (κ3) is 5.51. The zero-order valence-corrected chi connectivity index (χ0v) is 9.65. The molecule has 3 heteroatoms. The predicted octanol–water partition coefficient (Wildman–Crippen LogP) is 1.18. The number of aryl methyl sites for hydroxylation is 1. The lowest BCUT2D eigenvalue weighted by Crippen LogP contribution is -2.50. The lowest BCUT2D eigenvalue weighted by Gasteiger charge is -2.04. The Morgan fingerprint density at radius 3 is 2.62 bits per heavy atom. The fraction of sp³-hybridized carbons (Fsp3) is 0.462. The molecule has 1 aromatic carbocycles. The highest BCUT2D eigenvalue weighted by molar-refractivity contribution is 5.69. The summed E-state index contributed by atoms with van der Waals surface area (Å²) in [4.78, 5) is 11.2. The van der Waals surface area contributed by atoms with E-state index in [0.29, 0.717) is 13.0 Å². The van der Waals surface area contributed by atoms with Gasteiger partial charge in [-0.1, -0.05) is 30.3 Å². The van der Waals surface area contributed by atoms with Gasteiger partial charge in [-0.25, -0.2) is 0 Å². The van der Waals surface area contributed by atoms with E-state index in [1.165, 1.54) is 5.56 Å². The Kier molecular flexibility index (Phi) is 6.26. The van der Waals surface area contributed by atoms with Gasteiger partial charge in [-0.3, -0.25) is 4.79 Å². The fourth-order valence-electron chi connectivity index (χ4n) is 1.45. The van der Waals surface area contributed by atoms with Crippen molar-refractivity contribution >= 4 is 5.97 Å². The van der Waals surface area contributed by atoms with Gasteiger partial charge in [-0.2, -0.15) is 0 Å². The molecular weight excluding hydrogens is 202 g/mol.